The molecular formula is C35H65O13P. The lowest BCUT2D eigenvalue weighted by Gasteiger charge is -2.41. The topological polar surface area (TPSA) is 210 Å². The van der Waals surface area contributed by atoms with Crippen molar-refractivity contribution >= 4 is 19.8 Å². The Kier molecular flexibility index (Phi) is 25.4. The van der Waals surface area contributed by atoms with Crippen LogP contribution >= 0.6 is 7.82 Å². The van der Waals surface area contributed by atoms with Crippen LogP contribution in [0.2, 0.25) is 0 Å². The molecule has 8 atom stereocenters. The van der Waals surface area contributed by atoms with Gasteiger partial charge in [-0.05, 0) is 32.1 Å². The fraction of sp³-hybridized carbons (Fsp3) is 0.886. The van der Waals surface area contributed by atoms with Gasteiger partial charge in [-0.1, -0.05) is 109 Å². The average Bonchev–Trinajstić information content (AvgIpc) is 3.07. The van der Waals surface area contributed by atoms with E-state index in [-0.39, 0.29) is 12.8 Å². The van der Waals surface area contributed by atoms with Crippen molar-refractivity contribution in [3.05, 3.63) is 12.2 Å². The highest BCUT2D eigenvalue weighted by Gasteiger charge is 2.51. The number of esters is 2. The molecule has 49 heavy (non-hydrogen) atoms. The zero-order chi connectivity index (χ0) is 36.5. The number of carbonyl (C=O) groups excluding carboxylic acids is 2. The van der Waals surface area contributed by atoms with Gasteiger partial charge in [0.2, 0.25) is 0 Å². The van der Waals surface area contributed by atoms with Crippen molar-refractivity contribution in [2.24, 2.45) is 0 Å². The molecule has 0 aromatic rings. The largest absolute Gasteiger partial charge is 0.472 e. The van der Waals surface area contributed by atoms with Crippen molar-refractivity contribution in [1.82, 2.24) is 0 Å². The van der Waals surface area contributed by atoms with Gasteiger partial charge in [-0.15, -0.1) is 0 Å². The van der Waals surface area contributed by atoms with Gasteiger partial charge in [0.25, 0.3) is 0 Å². The van der Waals surface area contributed by atoms with Crippen LogP contribution in [0.5, 0.6) is 0 Å². The van der Waals surface area contributed by atoms with Gasteiger partial charge in [0, 0.05) is 12.8 Å². The van der Waals surface area contributed by atoms with Crippen molar-refractivity contribution in [2.45, 2.75) is 185 Å². The Morgan fingerprint density at radius 3 is 1.61 bits per heavy atom. The molecule has 6 N–H and O–H groups in total. The van der Waals surface area contributed by atoms with Gasteiger partial charge in [-0.25, -0.2) is 4.57 Å². The van der Waals surface area contributed by atoms with Crippen LogP contribution in [0, 0.1) is 0 Å². The summed E-state index contributed by atoms with van der Waals surface area (Å²) in [5, 5.41) is 49.8. The first-order valence-corrected chi connectivity index (χ1v) is 20.0. The number of unbranched alkanes of at least 4 members (excludes halogenated alkanes) is 15. The second kappa shape index (κ2) is 27.3. The summed E-state index contributed by atoms with van der Waals surface area (Å²) < 4.78 is 33.2. The first-order chi connectivity index (χ1) is 23.4. The van der Waals surface area contributed by atoms with Crippen LogP contribution in [0.25, 0.3) is 0 Å². The Morgan fingerprint density at radius 1 is 0.612 bits per heavy atom. The van der Waals surface area contributed by atoms with E-state index in [2.05, 4.69) is 26.0 Å². The summed E-state index contributed by atoms with van der Waals surface area (Å²) in [4.78, 5) is 35.3. The molecule has 0 heterocycles. The minimum absolute atomic E-state index is 0.0889. The molecule has 1 aliphatic carbocycles. The third-order valence-electron chi connectivity index (χ3n) is 8.61. The molecule has 1 aliphatic rings. The first-order valence-electron chi connectivity index (χ1n) is 18.5. The Bertz CT molecular complexity index is 932. The number of hydrogen-bond donors (Lipinski definition) is 6. The maximum atomic E-state index is 12.7. The average molecular weight is 725 g/mol. The molecule has 0 saturated heterocycles. The van der Waals surface area contributed by atoms with Crippen molar-refractivity contribution in [3.63, 3.8) is 0 Å². The molecule has 0 radical (unpaired) electrons. The van der Waals surface area contributed by atoms with Gasteiger partial charge in [-0.3, -0.25) is 18.6 Å². The SMILES string of the molecule is CCCC/C=C\CCCCCCCC(=O)O[C@H](COC(=O)CCCCCCCCCCC)COP(=O)(O)OC1C(O)C(O)C(O)[C@@H](O)C1O. The number of rotatable bonds is 29. The fourth-order valence-electron chi connectivity index (χ4n) is 5.50. The summed E-state index contributed by atoms with van der Waals surface area (Å²) >= 11 is 0. The predicted molar refractivity (Wildman–Crippen MR) is 184 cm³/mol. The van der Waals surface area contributed by atoms with Crippen molar-refractivity contribution in [2.75, 3.05) is 13.2 Å². The lowest BCUT2D eigenvalue weighted by Crippen LogP contribution is -2.64. The van der Waals surface area contributed by atoms with Crippen molar-refractivity contribution in [3.8, 4) is 0 Å². The number of aliphatic hydroxyl groups is 5. The Morgan fingerprint density at radius 2 is 1.06 bits per heavy atom. The minimum atomic E-state index is -5.10. The van der Waals surface area contributed by atoms with Crippen molar-refractivity contribution < 1.29 is 63.1 Å². The standard InChI is InChI=1S/C35H65O13P/c1-3-5-7-9-11-13-14-16-18-20-22-24-29(37)47-27(25-45-28(36)23-21-19-17-15-12-10-8-6-4-2)26-46-49(43,44)48-35-33(41)31(39)30(38)32(40)34(35)42/h9,11,27,30-35,38-42H,3-8,10,12-26H2,1-2H3,(H,43,44)/b11-9-/t27-,30?,31-,32?,33?,34?,35?/m1/s1. The number of hydrogen-bond acceptors (Lipinski definition) is 12. The second-order valence-electron chi connectivity index (χ2n) is 13.1. The monoisotopic (exact) mass is 724 g/mol. The Labute approximate surface area is 293 Å². The van der Waals surface area contributed by atoms with E-state index in [4.69, 9.17) is 18.5 Å². The number of allylic oxidation sites excluding steroid dienone is 2. The predicted octanol–water partition coefficient (Wildman–Crippen LogP) is 5.16. The van der Waals surface area contributed by atoms with Crippen molar-refractivity contribution in [1.29, 1.82) is 0 Å². The number of phosphoric acid groups is 1. The quantitative estimate of drug-likeness (QED) is 0.0255. The normalized spacial score (nSPS) is 24.5. The summed E-state index contributed by atoms with van der Waals surface area (Å²) in [5.41, 5.74) is 0. The molecule has 6 unspecified atom stereocenters. The summed E-state index contributed by atoms with van der Waals surface area (Å²) in [5.74, 6) is -1.11. The van der Waals surface area contributed by atoms with E-state index in [1.165, 1.54) is 44.9 Å². The molecule has 1 fully saturated rings. The molecule has 0 aliphatic heterocycles. The van der Waals surface area contributed by atoms with E-state index >= 15 is 0 Å². The van der Waals surface area contributed by atoms with Gasteiger partial charge in [0.05, 0.1) is 6.61 Å². The Balaban J connectivity index is 2.58. The number of carbonyl (C=O) groups is 2. The molecule has 0 spiro atoms. The second-order valence-corrected chi connectivity index (χ2v) is 14.5. The van der Waals surface area contributed by atoms with Gasteiger partial charge in [0.15, 0.2) is 6.10 Å². The molecule has 13 nitrogen and oxygen atoms in total. The van der Waals surface area contributed by atoms with E-state index in [0.717, 1.165) is 57.8 Å². The molecule has 1 rings (SSSR count). The maximum absolute atomic E-state index is 12.7. The van der Waals surface area contributed by atoms with E-state index < -0.39 is 75.7 Å². The van der Waals surface area contributed by atoms with E-state index in [1.54, 1.807) is 0 Å². The van der Waals surface area contributed by atoms with Crippen LogP contribution in [-0.4, -0.2) is 98.3 Å². The Hall–Kier alpha value is -1.41. The third kappa shape index (κ3) is 20.9. The molecule has 14 heteroatoms. The van der Waals surface area contributed by atoms with Gasteiger partial charge in [0.1, 0.15) is 43.2 Å². The summed E-state index contributed by atoms with van der Waals surface area (Å²) in [6.07, 6.45) is 10.2. The summed E-state index contributed by atoms with van der Waals surface area (Å²) in [6, 6.07) is 0. The molecule has 1 saturated carbocycles. The minimum Gasteiger partial charge on any atom is -0.462 e. The smallest absolute Gasteiger partial charge is 0.462 e. The van der Waals surface area contributed by atoms with Crippen LogP contribution in [-0.2, 0) is 32.7 Å². The van der Waals surface area contributed by atoms with E-state index in [0.29, 0.717) is 12.8 Å². The highest BCUT2D eigenvalue weighted by atomic mass is 31.2. The number of aliphatic hydroxyl groups excluding tert-OH is 5. The number of phosphoric ester groups is 1. The maximum Gasteiger partial charge on any atom is 0.472 e. The highest BCUT2D eigenvalue weighted by Crippen LogP contribution is 2.47. The first kappa shape index (κ1) is 45.6. The molecule has 0 aromatic heterocycles. The van der Waals surface area contributed by atoms with Gasteiger partial charge < -0.3 is 39.9 Å². The van der Waals surface area contributed by atoms with E-state index in [1.807, 2.05) is 0 Å². The fourth-order valence-corrected chi connectivity index (χ4v) is 6.47. The number of ether oxygens (including phenoxy) is 2. The molecule has 0 amide bonds. The highest BCUT2D eigenvalue weighted by molar-refractivity contribution is 7.47. The van der Waals surface area contributed by atoms with Gasteiger partial charge >= 0.3 is 19.8 Å². The zero-order valence-electron chi connectivity index (χ0n) is 29.7. The lowest BCUT2D eigenvalue weighted by molar-refractivity contribution is -0.220. The molecular weight excluding hydrogens is 659 g/mol. The summed E-state index contributed by atoms with van der Waals surface area (Å²) in [6.45, 7) is 3.18. The third-order valence-corrected chi connectivity index (χ3v) is 9.59. The van der Waals surface area contributed by atoms with Crippen LogP contribution in [0.3, 0.4) is 0 Å². The molecule has 0 aromatic carbocycles. The molecule has 0 bridgehead atoms. The van der Waals surface area contributed by atoms with Crippen LogP contribution in [0.15, 0.2) is 12.2 Å². The molecule has 288 valence electrons. The lowest BCUT2D eigenvalue weighted by atomic mass is 9.85. The van der Waals surface area contributed by atoms with Crippen LogP contribution in [0.1, 0.15) is 142 Å². The van der Waals surface area contributed by atoms with Crippen LogP contribution < -0.4 is 0 Å². The van der Waals surface area contributed by atoms with Gasteiger partial charge in [-0.2, -0.15) is 0 Å². The summed E-state index contributed by atoms with van der Waals surface area (Å²) in [7, 11) is -5.10. The zero-order valence-corrected chi connectivity index (χ0v) is 30.6. The van der Waals surface area contributed by atoms with E-state index in [9.17, 15) is 44.6 Å². The van der Waals surface area contributed by atoms with Crippen LogP contribution in [0.4, 0.5) is 0 Å².